The first-order chi connectivity index (χ1) is 3.89. The first kappa shape index (κ1) is 5.15. The van der Waals surface area contributed by atoms with Gasteiger partial charge in [-0.3, -0.25) is 9.79 Å². The van der Waals surface area contributed by atoms with Crippen LogP contribution in [0.3, 0.4) is 0 Å². The number of aliphatic imine (C=N–C) groups is 2. The number of rotatable bonds is 0. The molecular formula is C5H6N2O. The van der Waals surface area contributed by atoms with E-state index in [1.54, 1.807) is 6.21 Å². The second kappa shape index (κ2) is 2.35. The van der Waals surface area contributed by atoms with E-state index in [2.05, 4.69) is 9.98 Å². The van der Waals surface area contributed by atoms with E-state index >= 15 is 0 Å². The number of nitrogens with zero attached hydrogens (tertiary/aromatic N) is 2. The molecule has 0 atom stereocenters. The molecule has 0 unspecified atom stereocenters. The van der Waals surface area contributed by atoms with Crippen LogP contribution in [-0.4, -0.2) is 24.9 Å². The average Bonchev–Trinajstić information content (AvgIpc) is 1.94. The minimum absolute atomic E-state index is 0.127. The summed E-state index contributed by atoms with van der Waals surface area (Å²) in [5.74, 6) is 0.127. The maximum atomic E-state index is 10.5. The second-order valence-electron chi connectivity index (χ2n) is 1.53. The molecular weight excluding hydrogens is 104 g/mol. The van der Waals surface area contributed by atoms with Crippen LogP contribution in [0.5, 0.6) is 0 Å². The Kier molecular flexibility index (Phi) is 1.51. The quantitative estimate of drug-likeness (QED) is 0.434. The van der Waals surface area contributed by atoms with Crippen molar-refractivity contribution in [3.63, 3.8) is 0 Å². The largest absolute Gasteiger partial charge is 0.297 e. The molecule has 0 N–H and O–H groups in total. The maximum absolute atomic E-state index is 10.5. The third kappa shape index (κ3) is 1.26. The molecule has 0 fully saturated rings. The normalized spacial score (nSPS) is 18.8. The summed E-state index contributed by atoms with van der Waals surface area (Å²) >= 11 is 0. The van der Waals surface area contributed by atoms with Crippen molar-refractivity contribution in [2.45, 2.75) is 6.42 Å². The van der Waals surface area contributed by atoms with Gasteiger partial charge in [0.2, 0.25) is 0 Å². The van der Waals surface area contributed by atoms with Gasteiger partial charge >= 0.3 is 0 Å². The highest BCUT2D eigenvalue weighted by atomic mass is 16.1. The molecule has 8 heavy (non-hydrogen) atoms. The Morgan fingerprint density at radius 3 is 3.38 bits per heavy atom. The fourth-order valence-corrected chi connectivity index (χ4v) is 0.456. The predicted octanol–water partition coefficient (Wildman–Crippen LogP) is 0.0583. The molecule has 0 bridgehead atoms. The highest BCUT2D eigenvalue weighted by molar-refractivity contribution is 5.96. The van der Waals surface area contributed by atoms with Crippen molar-refractivity contribution in [2.24, 2.45) is 9.98 Å². The van der Waals surface area contributed by atoms with E-state index in [0.717, 1.165) is 0 Å². The lowest BCUT2D eigenvalue weighted by Crippen LogP contribution is -1.99. The van der Waals surface area contributed by atoms with Gasteiger partial charge in [-0.25, -0.2) is 4.99 Å². The molecule has 1 heterocycles. The van der Waals surface area contributed by atoms with Gasteiger partial charge in [-0.2, -0.15) is 0 Å². The molecule has 0 saturated heterocycles. The van der Waals surface area contributed by atoms with Gasteiger partial charge in [0, 0.05) is 12.6 Å². The molecule has 3 nitrogen and oxygen atoms in total. The summed E-state index contributed by atoms with van der Waals surface area (Å²) in [6.07, 6.45) is 3.41. The van der Waals surface area contributed by atoms with Crippen molar-refractivity contribution >= 4 is 18.3 Å². The highest BCUT2D eigenvalue weighted by Crippen LogP contribution is 1.84. The molecule has 0 amide bonds. The van der Waals surface area contributed by atoms with Crippen molar-refractivity contribution in [2.75, 3.05) is 6.54 Å². The third-order valence-electron chi connectivity index (χ3n) is 0.840. The maximum Gasteiger partial charge on any atom is 0.159 e. The SMILES string of the molecule is O=C1CC=NC=NC1. The molecule has 0 saturated carbocycles. The molecule has 1 aliphatic heterocycles. The number of ketones is 1. The van der Waals surface area contributed by atoms with E-state index in [1.165, 1.54) is 6.34 Å². The van der Waals surface area contributed by atoms with E-state index < -0.39 is 0 Å². The average molecular weight is 110 g/mol. The topological polar surface area (TPSA) is 41.8 Å². The lowest BCUT2D eigenvalue weighted by molar-refractivity contribution is -0.116. The zero-order valence-corrected chi connectivity index (χ0v) is 4.37. The van der Waals surface area contributed by atoms with Gasteiger partial charge in [0.1, 0.15) is 6.34 Å². The van der Waals surface area contributed by atoms with Crippen LogP contribution in [0.4, 0.5) is 0 Å². The Hall–Kier alpha value is -0.990. The number of carbonyl (C=O) groups is 1. The summed E-state index contributed by atoms with van der Waals surface area (Å²) in [6.45, 7) is 0.292. The summed E-state index contributed by atoms with van der Waals surface area (Å²) < 4.78 is 0. The van der Waals surface area contributed by atoms with Gasteiger partial charge in [0.25, 0.3) is 0 Å². The molecule has 42 valence electrons. The van der Waals surface area contributed by atoms with E-state index in [1.807, 2.05) is 0 Å². The lowest BCUT2D eigenvalue weighted by atomic mass is 10.3. The number of carbonyl (C=O) groups excluding carboxylic acids is 1. The van der Waals surface area contributed by atoms with Crippen molar-refractivity contribution in [1.82, 2.24) is 0 Å². The van der Waals surface area contributed by atoms with Gasteiger partial charge in [-0.1, -0.05) is 0 Å². The summed E-state index contributed by atoms with van der Waals surface area (Å²) in [7, 11) is 0. The van der Waals surface area contributed by atoms with Gasteiger partial charge in [0.15, 0.2) is 5.78 Å². The zero-order valence-electron chi connectivity index (χ0n) is 4.37. The van der Waals surface area contributed by atoms with Gasteiger partial charge < -0.3 is 0 Å². The predicted molar refractivity (Wildman–Crippen MR) is 31.5 cm³/mol. The number of hydrogen-bond acceptors (Lipinski definition) is 3. The Morgan fingerprint density at radius 1 is 1.62 bits per heavy atom. The standard InChI is InChI=1S/C5H6N2O/c8-5-1-2-6-4-7-3-5/h2,4H,1,3H2. The zero-order chi connectivity index (χ0) is 5.82. The van der Waals surface area contributed by atoms with Crippen LogP contribution < -0.4 is 0 Å². The van der Waals surface area contributed by atoms with Crippen LogP contribution in [0.25, 0.3) is 0 Å². The fourth-order valence-electron chi connectivity index (χ4n) is 0.456. The Labute approximate surface area is 47.1 Å². The molecule has 0 aromatic heterocycles. The van der Waals surface area contributed by atoms with Gasteiger partial charge in [-0.05, 0) is 0 Å². The minimum atomic E-state index is 0.127. The highest BCUT2D eigenvalue weighted by Gasteiger charge is 1.97. The fraction of sp³-hybridized carbons (Fsp3) is 0.400. The first-order valence-corrected chi connectivity index (χ1v) is 2.41. The van der Waals surface area contributed by atoms with Crippen LogP contribution in [0.2, 0.25) is 0 Å². The van der Waals surface area contributed by atoms with E-state index in [4.69, 9.17) is 0 Å². The molecule has 3 heteroatoms. The smallest absolute Gasteiger partial charge is 0.159 e. The first-order valence-electron chi connectivity index (χ1n) is 2.41. The molecule has 1 rings (SSSR count). The van der Waals surface area contributed by atoms with E-state index in [-0.39, 0.29) is 5.78 Å². The third-order valence-corrected chi connectivity index (χ3v) is 0.840. The Bertz CT molecular complexity index is 133. The van der Waals surface area contributed by atoms with Crippen molar-refractivity contribution in [3.8, 4) is 0 Å². The van der Waals surface area contributed by atoms with Crippen LogP contribution in [0.1, 0.15) is 6.42 Å². The summed E-state index contributed by atoms with van der Waals surface area (Å²) in [4.78, 5) is 17.8. The van der Waals surface area contributed by atoms with Gasteiger partial charge in [0.05, 0.1) is 6.54 Å². The molecule has 1 aliphatic rings. The van der Waals surface area contributed by atoms with Crippen LogP contribution >= 0.6 is 0 Å². The summed E-state index contributed by atoms with van der Waals surface area (Å²) in [6, 6.07) is 0. The number of Topliss-reactive ketones (excluding diaryl/α,β-unsaturated/α-hetero) is 1. The van der Waals surface area contributed by atoms with Gasteiger partial charge in [-0.15, -0.1) is 0 Å². The van der Waals surface area contributed by atoms with Crippen molar-refractivity contribution < 1.29 is 4.79 Å². The lowest BCUT2D eigenvalue weighted by Gasteiger charge is -1.81. The molecule has 0 aromatic rings. The number of hydrogen-bond donors (Lipinski definition) is 0. The molecule has 0 aliphatic carbocycles. The van der Waals surface area contributed by atoms with Crippen molar-refractivity contribution in [1.29, 1.82) is 0 Å². The Balaban J connectivity index is 2.58. The molecule has 0 spiro atoms. The summed E-state index contributed by atoms with van der Waals surface area (Å²) in [5.41, 5.74) is 0. The van der Waals surface area contributed by atoms with Crippen LogP contribution in [0.15, 0.2) is 9.98 Å². The van der Waals surface area contributed by atoms with E-state index in [0.29, 0.717) is 13.0 Å². The summed E-state index contributed by atoms with van der Waals surface area (Å²) in [5, 5.41) is 0. The van der Waals surface area contributed by atoms with Crippen molar-refractivity contribution in [3.05, 3.63) is 0 Å². The molecule has 0 aromatic carbocycles. The van der Waals surface area contributed by atoms with Crippen LogP contribution in [-0.2, 0) is 4.79 Å². The van der Waals surface area contributed by atoms with E-state index in [9.17, 15) is 4.79 Å². The monoisotopic (exact) mass is 110 g/mol. The second-order valence-corrected chi connectivity index (χ2v) is 1.53. The Morgan fingerprint density at radius 2 is 2.50 bits per heavy atom. The molecule has 0 radical (unpaired) electrons. The minimum Gasteiger partial charge on any atom is -0.297 e. The van der Waals surface area contributed by atoms with Crippen LogP contribution in [0, 0.1) is 0 Å².